The summed E-state index contributed by atoms with van der Waals surface area (Å²) in [4.78, 5) is 14.2. The van der Waals surface area contributed by atoms with E-state index in [-0.39, 0.29) is 5.56 Å². The minimum Gasteiger partial charge on any atom is -0.398 e. The number of likely N-dealkylation sites (tertiary alicyclic amines) is 1. The first kappa shape index (κ1) is 15.1. The molecular weight excluding hydrogens is 250 g/mol. The quantitative estimate of drug-likeness (QED) is 0.898. The molecule has 2 rings (SSSR count). The van der Waals surface area contributed by atoms with Gasteiger partial charge in [0, 0.05) is 31.0 Å². The largest absolute Gasteiger partial charge is 0.398 e. The van der Waals surface area contributed by atoms with Crippen molar-refractivity contribution in [2.75, 3.05) is 25.4 Å². The number of nitrogens with zero attached hydrogens (tertiary/aromatic N) is 2. The first-order valence-electron chi connectivity index (χ1n) is 7.77. The second-order valence-electron chi connectivity index (χ2n) is 6.04. The number of nitrogen functional groups attached to an aromatic ring is 1. The van der Waals surface area contributed by atoms with Crippen LogP contribution in [0, 0.1) is 5.41 Å². The summed E-state index contributed by atoms with van der Waals surface area (Å²) in [5.74, 6) is 0. The summed E-state index contributed by atoms with van der Waals surface area (Å²) in [7, 11) is 0. The van der Waals surface area contributed by atoms with Gasteiger partial charge in [0.2, 0.25) is 0 Å². The smallest absolute Gasteiger partial charge is 0.250 e. The van der Waals surface area contributed by atoms with Crippen molar-refractivity contribution in [3.8, 4) is 0 Å². The summed E-state index contributed by atoms with van der Waals surface area (Å²) < 4.78 is 1.72. The lowest BCUT2D eigenvalue weighted by Crippen LogP contribution is -2.41. The molecule has 4 heteroatoms. The summed E-state index contributed by atoms with van der Waals surface area (Å²) in [5, 5.41) is 0. The van der Waals surface area contributed by atoms with E-state index >= 15 is 0 Å². The van der Waals surface area contributed by atoms with E-state index in [2.05, 4.69) is 18.7 Å². The predicted octanol–water partition coefficient (Wildman–Crippen LogP) is 2.33. The topological polar surface area (TPSA) is 51.3 Å². The van der Waals surface area contributed by atoms with Gasteiger partial charge in [0.1, 0.15) is 0 Å². The van der Waals surface area contributed by atoms with Crippen molar-refractivity contribution in [2.45, 2.75) is 46.1 Å². The Morgan fingerprint density at radius 2 is 1.80 bits per heavy atom. The molecule has 1 saturated heterocycles. The molecule has 1 fully saturated rings. The van der Waals surface area contributed by atoms with Crippen LogP contribution in [0.4, 0.5) is 5.69 Å². The number of anilines is 1. The van der Waals surface area contributed by atoms with Crippen LogP contribution in [-0.4, -0.2) is 29.1 Å². The highest BCUT2D eigenvalue weighted by molar-refractivity contribution is 5.33. The Bertz CT molecular complexity index is 481. The molecule has 112 valence electrons. The van der Waals surface area contributed by atoms with E-state index < -0.39 is 0 Å². The van der Waals surface area contributed by atoms with E-state index in [0.29, 0.717) is 11.1 Å². The molecule has 1 aromatic heterocycles. The van der Waals surface area contributed by atoms with E-state index in [1.807, 2.05) is 0 Å². The average molecular weight is 277 g/mol. The number of aromatic nitrogens is 1. The lowest BCUT2D eigenvalue weighted by atomic mass is 9.74. The number of rotatable bonds is 5. The maximum Gasteiger partial charge on any atom is 0.250 e. The lowest BCUT2D eigenvalue weighted by molar-refractivity contribution is 0.0929. The first-order chi connectivity index (χ1) is 9.58. The van der Waals surface area contributed by atoms with Gasteiger partial charge >= 0.3 is 0 Å². The molecule has 0 amide bonds. The molecule has 0 spiro atoms. The van der Waals surface area contributed by atoms with Gasteiger partial charge in [0.25, 0.3) is 5.56 Å². The van der Waals surface area contributed by atoms with Crippen LogP contribution in [-0.2, 0) is 6.54 Å². The molecule has 20 heavy (non-hydrogen) atoms. The van der Waals surface area contributed by atoms with Gasteiger partial charge in [-0.3, -0.25) is 4.79 Å². The molecule has 1 aliphatic heterocycles. The lowest BCUT2D eigenvalue weighted by Gasteiger charge is -2.41. The van der Waals surface area contributed by atoms with Crippen molar-refractivity contribution in [3.63, 3.8) is 0 Å². The molecule has 1 aromatic rings. The summed E-state index contributed by atoms with van der Waals surface area (Å²) in [6, 6.07) is 3.21. The van der Waals surface area contributed by atoms with Crippen LogP contribution in [0.1, 0.15) is 39.5 Å². The van der Waals surface area contributed by atoms with E-state index in [1.54, 1.807) is 22.9 Å². The van der Waals surface area contributed by atoms with Gasteiger partial charge in [0.05, 0.1) is 0 Å². The third kappa shape index (κ3) is 3.42. The van der Waals surface area contributed by atoms with Crippen LogP contribution in [0.5, 0.6) is 0 Å². The monoisotopic (exact) mass is 277 g/mol. The van der Waals surface area contributed by atoms with E-state index in [0.717, 1.165) is 26.2 Å². The Morgan fingerprint density at radius 3 is 2.40 bits per heavy atom. The van der Waals surface area contributed by atoms with Crippen molar-refractivity contribution in [1.82, 2.24) is 9.47 Å². The highest BCUT2D eigenvalue weighted by atomic mass is 16.1. The molecule has 1 aliphatic rings. The van der Waals surface area contributed by atoms with Gasteiger partial charge in [-0.1, -0.05) is 26.7 Å². The van der Waals surface area contributed by atoms with Crippen molar-refractivity contribution in [2.24, 2.45) is 5.41 Å². The Morgan fingerprint density at radius 1 is 1.15 bits per heavy atom. The Kier molecular flexibility index (Phi) is 4.86. The predicted molar refractivity (Wildman–Crippen MR) is 83.8 cm³/mol. The summed E-state index contributed by atoms with van der Waals surface area (Å²) >= 11 is 0. The second kappa shape index (κ2) is 6.44. The van der Waals surface area contributed by atoms with Gasteiger partial charge < -0.3 is 15.2 Å². The van der Waals surface area contributed by atoms with Crippen LogP contribution >= 0.6 is 0 Å². The summed E-state index contributed by atoms with van der Waals surface area (Å²) in [5.41, 5.74) is 6.98. The number of hydrogen-bond donors (Lipinski definition) is 1. The molecule has 0 aliphatic carbocycles. The first-order valence-corrected chi connectivity index (χ1v) is 7.77. The fraction of sp³-hybridized carbons (Fsp3) is 0.688. The average Bonchev–Trinajstić information content (AvgIpc) is 2.49. The van der Waals surface area contributed by atoms with Crippen molar-refractivity contribution in [1.29, 1.82) is 0 Å². The van der Waals surface area contributed by atoms with Crippen LogP contribution in [0.15, 0.2) is 23.1 Å². The molecule has 0 unspecified atom stereocenters. The van der Waals surface area contributed by atoms with Crippen molar-refractivity contribution >= 4 is 5.69 Å². The normalized spacial score (nSPS) is 19.1. The molecule has 0 saturated carbocycles. The van der Waals surface area contributed by atoms with Gasteiger partial charge in [-0.05, 0) is 37.4 Å². The van der Waals surface area contributed by atoms with Crippen molar-refractivity contribution < 1.29 is 0 Å². The molecule has 0 aromatic carbocycles. The number of hydrogen-bond acceptors (Lipinski definition) is 3. The number of piperidine rings is 1. The minimum atomic E-state index is 0.0349. The van der Waals surface area contributed by atoms with Crippen LogP contribution in [0.3, 0.4) is 0 Å². The van der Waals surface area contributed by atoms with Gasteiger partial charge in [-0.25, -0.2) is 0 Å². The van der Waals surface area contributed by atoms with Crippen LogP contribution < -0.4 is 11.3 Å². The van der Waals surface area contributed by atoms with Crippen LogP contribution in [0.2, 0.25) is 0 Å². The van der Waals surface area contributed by atoms with Crippen molar-refractivity contribution in [3.05, 3.63) is 28.7 Å². The zero-order valence-corrected chi connectivity index (χ0v) is 12.8. The SMILES string of the molecule is CCC1(CC)CCN(CCn2cc(N)ccc2=O)CC1. The van der Waals surface area contributed by atoms with Gasteiger partial charge in [0.15, 0.2) is 0 Å². The van der Waals surface area contributed by atoms with E-state index in [1.165, 1.54) is 25.7 Å². The molecule has 0 radical (unpaired) electrons. The maximum atomic E-state index is 11.7. The van der Waals surface area contributed by atoms with Gasteiger partial charge in [-0.2, -0.15) is 0 Å². The standard InChI is InChI=1S/C16H27N3O/c1-3-16(4-2)7-9-18(10-8-16)11-12-19-13-14(17)5-6-15(19)20/h5-6,13H,3-4,7-12,17H2,1-2H3. The third-order valence-electron chi connectivity index (χ3n) is 5.08. The third-order valence-corrected chi connectivity index (χ3v) is 5.08. The highest BCUT2D eigenvalue weighted by Gasteiger charge is 2.30. The molecule has 4 nitrogen and oxygen atoms in total. The number of pyridine rings is 1. The summed E-state index contributed by atoms with van der Waals surface area (Å²) in [6.07, 6.45) is 6.88. The molecule has 0 atom stereocenters. The zero-order valence-electron chi connectivity index (χ0n) is 12.8. The fourth-order valence-electron chi connectivity index (χ4n) is 3.18. The Hall–Kier alpha value is -1.29. The minimum absolute atomic E-state index is 0.0349. The Labute approximate surface area is 121 Å². The number of nitrogens with two attached hydrogens (primary N) is 1. The van der Waals surface area contributed by atoms with E-state index in [4.69, 9.17) is 5.73 Å². The molecular formula is C16H27N3O. The van der Waals surface area contributed by atoms with Gasteiger partial charge in [-0.15, -0.1) is 0 Å². The van der Waals surface area contributed by atoms with Crippen LogP contribution in [0.25, 0.3) is 0 Å². The Balaban J connectivity index is 1.87. The molecule has 2 N–H and O–H groups in total. The fourth-order valence-corrected chi connectivity index (χ4v) is 3.18. The zero-order chi connectivity index (χ0) is 14.6. The van der Waals surface area contributed by atoms with E-state index in [9.17, 15) is 4.79 Å². The maximum absolute atomic E-state index is 11.7. The molecule has 0 bridgehead atoms. The molecule has 2 heterocycles. The second-order valence-corrected chi connectivity index (χ2v) is 6.04. The summed E-state index contributed by atoms with van der Waals surface area (Å²) in [6.45, 7) is 8.59. The highest BCUT2D eigenvalue weighted by Crippen LogP contribution is 2.37.